The van der Waals surface area contributed by atoms with Gasteiger partial charge in [0, 0.05) is 6.42 Å². The van der Waals surface area contributed by atoms with Crippen LogP contribution in [0.1, 0.15) is 35.1 Å². The molecule has 146 valence electrons. The average Bonchev–Trinajstić information content (AvgIpc) is 3.08. The minimum atomic E-state index is -0.575. The fourth-order valence-electron chi connectivity index (χ4n) is 5.08. The third kappa shape index (κ3) is 2.37. The van der Waals surface area contributed by atoms with E-state index in [4.69, 9.17) is 0 Å². The number of aryl methyl sites for hydroxylation is 1. The Bertz CT molecular complexity index is 1240. The fourth-order valence-corrected chi connectivity index (χ4v) is 5.08. The standard InChI is InChI=1S/C27H21NO2/c1-17-14-19(10-12-25(17)29)27(20-11-13-26(30)18(15-20)16-28)23-8-4-2-6-21(23)22-7-3-5-9-24(22)27/h2-10,12,14-15,29-30H,11,13H2,1H3. The number of aromatic hydroxyl groups is 1. The second-order valence-corrected chi connectivity index (χ2v) is 7.98. The lowest BCUT2D eigenvalue weighted by Gasteiger charge is -2.37. The number of phenols is 1. The summed E-state index contributed by atoms with van der Waals surface area (Å²) < 4.78 is 0. The van der Waals surface area contributed by atoms with Gasteiger partial charge >= 0.3 is 0 Å². The highest BCUT2D eigenvalue weighted by atomic mass is 16.3. The highest BCUT2D eigenvalue weighted by molar-refractivity contribution is 5.86. The van der Waals surface area contributed by atoms with Gasteiger partial charge in [0.05, 0.1) is 11.0 Å². The molecule has 0 amide bonds. The molecule has 0 aliphatic heterocycles. The van der Waals surface area contributed by atoms with Crippen LogP contribution in [0.2, 0.25) is 0 Å². The van der Waals surface area contributed by atoms with Gasteiger partial charge in [0.15, 0.2) is 0 Å². The number of aliphatic hydroxyl groups excluding tert-OH is 1. The van der Waals surface area contributed by atoms with Crippen LogP contribution in [-0.4, -0.2) is 10.2 Å². The molecule has 2 aliphatic carbocycles. The number of aliphatic hydroxyl groups is 1. The van der Waals surface area contributed by atoms with Crippen molar-refractivity contribution in [3.63, 3.8) is 0 Å². The van der Waals surface area contributed by atoms with E-state index < -0.39 is 5.41 Å². The molecule has 0 heterocycles. The van der Waals surface area contributed by atoms with Crippen LogP contribution in [0.25, 0.3) is 11.1 Å². The van der Waals surface area contributed by atoms with Gasteiger partial charge in [-0.25, -0.2) is 0 Å². The van der Waals surface area contributed by atoms with Crippen LogP contribution in [0.5, 0.6) is 5.75 Å². The van der Waals surface area contributed by atoms with Crippen molar-refractivity contribution in [2.24, 2.45) is 0 Å². The summed E-state index contributed by atoms with van der Waals surface area (Å²) in [5.74, 6) is 0.416. The number of hydrogen-bond acceptors (Lipinski definition) is 3. The van der Waals surface area contributed by atoms with E-state index in [-0.39, 0.29) is 11.5 Å². The van der Waals surface area contributed by atoms with E-state index in [1.165, 1.54) is 22.3 Å². The van der Waals surface area contributed by atoms with Gasteiger partial charge in [0.25, 0.3) is 0 Å². The molecule has 0 saturated carbocycles. The van der Waals surface area contributed by atoms with Crippen molar-refractivity contribution in [1.82, 2.24) is 0 Å². The van der Waals surface area contributed by atoms with Crippen LogP contribution in [0.4, 0.5) is 0 Å². The predicted molar refractivity (Wildman–Crippen MR) is 117 cm³/mol. The number of rotatable bonds is 2. The number of nitrogens with zero attached hydrogens (tertiary/aromatic N) is 1. The van der Waals surface area contributed by atoms with E-state index in [0.717, 1.165) is 16.7 Å². The first-order chi connectivity index (χ1) is 14.6. The van der Waals surface area contributed by atoms with Crippen molar-refractivity contribution in [3.05, 3.63) is 112 Å². The third-order valence-electron chi connectivity index (χ3n) is 6.44. The molecule has 3 aromatic rings. The van der Waals surface area contributed by atoms with E-state index in [9.17, 15) is 15.5 Å². The van der Waals surface area contributed by atoms with Crippen LogP contribution < -0.4 is 0 Å². The minimum Gasteiger partial charge on any atom is -0.511 e. The molecule has 3 nitrogen and oxygen atoms in total. The van der Waals surface area contributed by atoms with E-state index >= 15 is 0 Å². The second kappa shape index (κ2) is 6.64. The summed E-state index contributed by atoms with van der Waals surface area (Å²) in [4.78, 5) is 0. The third-order valence-corrected chi connectivity index (χ3v) is 6.44. The second-order valence-electron chi connectivity index (χ2n) is 7.98. The summed E-state index contributed by atoms with van der Waals surface area (Å²) in [6.45, 7) is 1.90. The molecule has 0 spiro atoms. The quantitative estimate of drug-likeness (QED) is 0.557. The van der Waals surface area contributed by atoms with E-state index in [1.807, 2.05) is 25.1 Å². The summed E-state index contributed by atoms with van der Waals surface area (Å²) in [5.41, 5.74) is 7.39. The molecule has 0 saturated heterocycles. The molecule has 2 N–H and O–H groups in total. The Labute approximate surface area is 175 Å². The number of allylic oxidation sites excluding steroid dienone is 4. The number of phenolic OH excluding ortho intramolecular Hbond substituents is 1. The van der Waals surface area contributed by atoms with E-state index in [0.29, 0.717) is 18.4 Å². The Kier molecular flexibility index (Phi) is 4.04. The SMILES string of the molecule is Cc1cc(C2(C3=CC(C#N)=C(O)CC3)c3ccccc3-c3ccccc32)ccc1O. The fraction of sp³-hybridized carbons (Fsp3) is 0.148. The molecule has 0 radical (unpaired) electrons. The van der Waals surface area contributed by atoms with Crippen LogP contribution in [0.3, 0.4) is 0 Å². The molecule has 0 aromatic heterocycles. The van der Waals surface area contributed by atoms with Gasteiger partial charge in [-0.15, -0.1) is 0 Å². The van der Waals surface area contributed by atoms with Gasteiger partial charge in [-0.05, 0) is 64.4 Å². The summed E-state index contributed by atoms with van der Waals surface area (Å²) in [6.07, 6.45) is 2.96. The zero-order valence-electron chi connectivity index (χ0n) is 16.7. The molecule has 0 bridgehead atoms. The minimum absolute atomic E-state index is 0.151. The largest absolute Gasteiger partial charge is 0.511 e. The predicted octanol–water partition coefficient (Wildman–Crippen LogP) is 6.07. The zero-order valence-corrected chi connectivity index (χ0v) is 16.7. The topological polar surface area (TPSA) is 64.2 Å². The number of benzene rings is 3. The Balaban J connectivity index is 1.93. The molecule has 0 fully saturated rings. The van der Waals surface area contributed by atoms with E-state index in [2.05, 4.69) is 54.6 Å². The first-order valence-electron chi connectivity index (χ1n) is 10.1. The van der Waals surface area contributed by atoms with E-state index in [1.54, 1.807) is 6.07 Å². The van der Waals surface area contributed by atoms with Crippen molar-refractivity contribution in [2.75, 3.05) is 0 Å². The smallest absolute Gasteiger partial charge is 0.118 e. The van der Waals surface area contributed by atoms with Gasteiger partial charge in [0.2, 0.25) is 0 Å². The van der Waals surface area contributed by atoms with Crippen LogP contribution in [-0.2, 0) is 5.41 Å². The normalized spacial score (nSPS) is 16.5. The van der Waals surface area contributed by atoms with Gasteiger partial charge in [-0.3, -0.25) is 0 Å². The van der Waals surface area contributed by atoms with Crippen molar-refractivity contribution >= 4 is 0 Å². The maximum absolute atomic E-state index is 10.2. The Morgan fingerprint density at radius 3 is 2.10 bits per heavy atom. The zero-order chi connectivity index (χ0) is 20.9. The lowest BCUT2D eigenvalue weighted by Crippen LogP contribution is -2.31. The van der Waals surface area contributed by atoms with Crippen LogP contribution in [0, 0.1) is 18.3 Å². The molecule has 2 aliphatic rings. The molecule has 0 atom stereocenters. The molecule has 0 unspecified atom stereocenters. The van der Waals surface area contributed by atoms with Crippen molar-refractivity contribution < 1.29 is 10.2 Å². The van der Waals surface area contributed by atoms with Crippen molar-refractivity contribution in [1.29, 1.82) is 5.26 Å². The number of fused-ring (bicyclic) bond motifs is 3. The molecule has 3 aromatic carbocycles. The maximum Gasteiger partial charge on any atom is 0.118 e. The molecule has 3 heteroatoms. The molecule has 30 heavy (non-hydrogen) atoms. The average molecular weight is 391 g/mol. The summed E-state index contributed by atoms with van der Waals surface area (Å²) in [7, 11) is 0. The lowest BCUT2D eigenvalue weighted by molar-refractivity contribution is 0.379. The number of hydrogen-bond donors (Lipinski definition) is 2. The molecule has 5 rings (SSSR count). The van der Waals surface area contributed by atoms with Gasteiger partial charge in [-0.2, -0.15) is 5.26 Å². The summed E-state index contributed by atoms with van der Waals surface area (Å²) >= 11 is 0. The first kappa shape index (κ1) is 18.3. The molecular formula is C27H21NO2. The molecular weight excluding hydrogens is 370 g/mol. The highest BCUT2D eigenvalue weighted by Gasteiger charge is 2.47. The monoisotopic (exact) mass is 391 g/mol. The van der Waals surface area contributed by atoms with Crippen LogP contribution >= 0.6 is 0 Å². The van der Waals surface area contributed by atoms with Crippen molar-refractivity contribution in [2.45, 2.75) is 25.2 Å². The lowest BCUT2D eigenvalue weighted by atomic mass is 9.64. The Hall–Kier alpha value is -3.77. The van der Waals surface area contributed by atoms with Gasteiger partial charge < -0.3 is 10.2 Å². The Morgan fingerprint density at radius 1 is 0.867 bits per heavy atom. The van der Waals surface area contributed by atoms with Gasteiger partial charge in [-0.1, -0.05) is 60.7 Å². The summed E-state index contributed by atoms with van der Waals surface area (Å²) in [6, 6.07) is 24.7. The van der Waals surface area contributed by atoms with Crippen LogP contribution in [0.15, 0.2) is 89.7 Å². The maximum atomic E-state index is 10.2. The number of nitriles is 1. The van der Waals surface area contributed by atoms with Crippen molar-refractivity contribution in [3.8, 4) is 22.9 Å². The first-order valence-corrected chi connectivity index (χ1v) is 10.1. The summed E-state index contributed by atoms with van der Waals surface area (Å²) in [5, 5.41) is 30.0. The van der Waals surface area contributed by atoms with Gasteiger partial charge in [0.1, 0.15) is 17.6 Å². The highest BCUT2D eigenvalue weighted by Crippen LogP contribution is 2.58. The Morgan fingerprint density at radius 2 is 1.50 bits per heavy atom.